The molecule has 0 fully saturated rings. The molecule has 0 amide bonds. The van der Waals surface area contributed by atoms with Crippen molar-refractivity contribution in [3.63, 3.8) is 0 Å². The molecule has 0 atom stereocenters. The summed E-state index contributed by atoms with van der Waals surface area (Å²) in [5.74, 6) is 0. The van der Waals surface area contributed by atoms with Crippen molar-refractivity contribution >= 4 is 23.5 Å². The number of nitrogens with zero attached hydrogens (tertiary/aromatic N) is 2. The van der Waals surface area contributed by atoms with Gasteiger partial charge in [0.15, 0.2) is 5.16 Å². The Morgan fingerprint density at radius 1 is 0.920 bits per heavy atom. The Morgan fingerprint density at radius 2 is 1.48 bits per heavy atom. The molecule has 1 N–H and O–H groups in total. The van der Waals surface area contributed by atoms with Crippen LogP contribution in [0.3, 0.4) is 0 Å². The Morgan fingerprint density at radius 3 is 2.00 bits per heavy atom. The molecule has 4 nitrogen and oxygen atoms in total. The first-order valence-electron chi connectivity index (χ1n) is 7.49. The summed E-state index contributed by atoms with van der Waals surface area (Å²) < 4.78 is 0. The number of thioether (sulfide) groups is 2. The van der Waals surface area contributed by atoms with Crippen LogP contribution in [-0.4, -0.2) is 22.5 Å². The fourth-order valence-electron chi connectivity index (χ4n) is 2.47. The molecule has 0 unspecified atom stereocenters. The molecule has 1 aromatic heterocycles. The molecule has 0 saturated carbocycles. The predicted molar refractivity (Wildman–Crippen MR) is 104 cm³/mol. The zero-order chi connectivity index (χ0) is 17.8. The predicted octanol–water partition coefficient (Wildman–Crippen LogP) is 4.42. The van der Waals surface area contributed by atoms with E-state index in [1.165, 1.54) is 16.7 Å². The Hall–Kier alpha value is -2.49. The highest BCUT2D eigenvalue weighted by Crippen LogP contribution is 2.27. The summed E-state index contributed by atoms with van der Waals surface area (Å²) >= 11 is 3.04. The standard InChI is InChI=1S/C19H15N3OS2/c1-24-15-9-7-13(8-10-15)12-3-5-14(6-4-12)17-16(11-20)18(23)22-19(21-17)25-2/h3-10H,1-2H3,(H,21,22,23). The lowest BCUT2D eigenvalue weighted by Crippen LogP contribution is -2.14. The number of nitrogens with one attached hydrogen (secondary N) is 1. The van der Waals surface area contributed by atoms with E-state index in [2.05, 4.69) is 34.2 Å². The van der Waals surface area contributed by atoms with Gasteiger partial charge in [-0.1, -0.05) is 48.2 Å². The molecule has 6 heteroatoms. The van der Waals surface area contributed by atoms with Gasteiger partial charge in [0, 0.05) is 10.5 Å². The van der Waals surface area contributed by atoms with Crippen LogP contribution in [0.5, 0.6) is 0 Å². The summed E-state index contributed by atoms with van der Waals surface area (Å²) in [6.45, 7) is 0. The van der Waals surface area contributed by atoms with Crippen molar-refractivity contribution in [1.82, 2.24) is 9.97 Å². The van der Waals surface area contributed by atoms with E-state index in [0.717, 1.165) is 16.7 Å². The number of benzene rings is 2. The maximum absolute atomic E-state index is 12.0. The van der Waals surface area contributed by atoms with E-state index in [1.54, 1.807) is 11.8 Å². The van der Waals surface area contributed by atoms with Crippen LogP contribution in [0.2, 0.25) is 0 Å². The van der Waals surface area contributed by atoms with Gasteiger partial charge in [-0.25, -0.2) is 4.98 Å². The van der Waals surface area contributed by atoms with Crippen molar-refractivity contribution in [2.24, 2.45) is 0 Å². The van der Waals surface area contributed by atoms with Gasteiger partial charge < -0.3 is 4.98 Å². The first kappa shape index (κ1) is 17.3. The second kappa shape index (κ2) is 7.60. The van der Waals surface area contributed by atoms with Crippen LogP contribution >= 0.6 is 23.5 Å². The Bertz CT molecular complexity index is 987. The van der Waals surface area contributed by atoms with E-state index >= 15 is 0 Å². The third-order valence-corrected chi connectivity index (χ3v) is 5.11. The van der Waals surface area contributed by atoms with Crippen molar-refractivity contribution in [3.05, 3.63) is 64.4 Å². The molecule has 3 aromatic rings. The lowest BCUT2D eigenvalue weighted by Gasteiger charge is -2.07. The Kier molecular flexibility index (Phi) is 5.27. The minimum atomic E-state index is -0.409. The summed E-state index contributed by atoms with van der Waals surface area (Å²) in [7, 11) is 0. The van der Waals surface area contributed by atoms with E-state index in [0.29, 0.717) is 10.9 Å². The number of hydrogen-bond acceptors (Lipinski definition) is 5. The summed E-state index contributed by atoms with van der Waals surface area (Å²) in [5.41, 5.74) is 2.99. The zero-order valence-electron chi connectivity index (χ0n) is 13.7. The van der Waals surface area contributed by atoms with E-state index in [1.807, 2.05) is 42.8 Å². The first-order valence-corrected chi connectivity index (χ1v) is 9.94. The molecule has 0 aliphatic rings. The molecule has 124 valence electrons. The van der Waals surface area contributed by atoms with Gasteiger partial charge in [0.1, 0.15) is 11.6 Å². The first-order chi connectivity index (χ1) is 12.2. The van der Waals surface area contributed by atoms with Crippen molar-refractivity contribution in [1.29, 1.82) is 5.26 Å². The molecule has 3 rings (SSSR count). The van der Waals surface area contributed by atoms with Crippen LogP contribution in [0, 0.1) is 11.3 Å². The van der Waals surface area contributed by atoms with Crippen molar-refractivity contribution in [3.8, 4) is 28.5 Å². The van der Waals surface area contributed by atoms with Gasteiger partial charge in [0.25, 0.3) is 5.56 Å². The Labute approximate surface area is 154 Å². The van der Waals surface area contributed by atoms with Gasteiger partial charge in [0.2, 0.25) is 0 Å². The third-order valence-electron chi connectivity index (χ3n) is 3.78. The van der Waals surface area contributed by atoms with E-state index in [-0.39, 0.29) is 5.56 Å². The third kappa shape index (κ3) is 3.63. The van der Waals surface area contributed by atoms with E-state index in [4.69, 9.17) is 0 Å². The zero-order valence-corrected chi connectivity index (χ0v) is 15.4. The number of rotatable bonds is 4. The molecule has 0 radical (unpaired) electrons. The van der Waals surface area contributed by atoms with Crippen molar-refractivity contribution < 1.29 is 0 Å². The van der Waals surface area contributed by atoms with Gasteiger partial charge in [-0.3, -0.25) is 4.79 Å². The number of aromatic amines is 1. The molecule has 0 spiro atoms. The topological polar surface area (TPSA) is 69.5 Å². The molecule has 0 saturated heterocycles. The highest BCUT2D eigenvalue weighted by atomic mass is 32.2. The summed E-state index contributed by atoms with van der Waals surface area (Å²) in [5, 5.41) is 9.78. The molecule has 0 aliphatic carbocycles. The van der Waals surface area contributed by atoms with E-state index < -0.39 is 5.56 Å². The van der Waals surface area contributed by atoms with Gasteiger partial charge in [-0.2, -0.15) is 5.26 Å². The average Bonchev–Trinajstić information content (AvgIpc) is 2.67. The maximum atomic E-state index is 12.0. The molecular weight excluding hydrogens is 350 g/mol. The average molecular weight is 365 g/mol. The largest absolute Gasteiger partial charge is 0.300 e. The monoisotopic (exact) mass is 365 g/mol. The van der Waals surface area contributed by atoms with Gasteiger partial charge >= 0.3 is 0 Å². The SMILES string of the molecule is CSc1ccc(-c2ccc(-c3nc(SC)[nH]c(=O)c3C#N)cc2)cc1. The lowest BCUT2D eigenvalue weighted by molar-refractivity contribution is 0.937. The number of aromatic nitrogens is 2. The second-order valence-electron chi connectivity index (χ2n) is 5.22. The van der Waals surface area contributed by atoms with Crippen LogP contribution in [0.1, 0.15) is 5.56 Å². The normalized spacial score (nSPS) is 10.4. The van der Waals surface area contributed by atoms with Gasteiger partial charge in [0.05, 0.1) is 5.69 Å². The number of hydrogen-bond donors (Lipinski definition) is 1. The molecule has 0 bridgehead atoms. The summed E-state index contributed by atoms with van der Waals surface area (Å²) in [4.78, 5) is 20.3. The van der Waals surface area contributed by atoms with Crippen molar-refractivity contribution in [2.75, 3.05) is 12.5 Å². The number of H-pyrrole nitrogens is 1. The van der Waals surface area contributed by atoms with Crippen LogP contribution in [-0.2, 0) is 0 Å². The quantitative estimate of drug-likeness (QED) is 0.547. The smallest absolute Gasteiger partial charge is 0.270 e. The summed E-state index contributed by atoms with van der Waals surface area (Å²) in [6.07, 6.45) is 3.88. The molecular formula is C19H15N3OS2. The van der Waals surface area contributed by atoms with E-state index in [9.17, 15) is 10.1 Å². The second-order valence-corrected chi connectivity index (χ2v) is 6.89. The van der Waals surface area contributed by atoms with Gasteiger partial charge in [-0.15, -0.1) is 11.8 Å². The van der Waals surface area contributed by atoms with Crippen LogP contribution in [0.4, 0.5) is 0 Å². The van der Waals surface area contributed by atoms with Gasteiger partial charge in [-0.05, 0) is 35.8 Å². The number of nitriles is 1. The van der Waals surface area contributed by atoms with Crippen LogP contribution in [0.25, 0.3) is 22.4 Å². The lowest BCUT2D eigenvalue weighted by atomic mass is 10.0. The molecule has 25 heavy (non-hydrogen) atoms. The van der Waals surface area contributed by atoms with Crippen LogP contribution < -0.4 is 5.56 Å². The fraction of sp³-hybridized carbons (Fsp3) is 0.105. The highest BCUT2D eigenvalue weighted by Gasteiger charge is 2.13. The molecule has 1 heterocycles. The summed E-state index contributed by atoms with van der Waals surface area (Å²) in [6, 6.07) is 18.0. The Balaban J connectivity index is 2.01. The molecule has 0 aliphatic heterocycles. The van der Waals surface area contributed by atoms with Crippen molar-refractivity contribution in [2.45, 2.75) is 10.1 Å². The molecule has 2 aromatic carbocycles. The fourth-order valence-corrected chi connectivity index (χ4v) is 3.25. The highest BCUT2D eigenvalue weighted by molar-refractivity contribution is 7.98. The minimum absolute atomic E-state index is 0.0369. The maximum Gasteiger partial charge on any atom is 0.270 e. The van der Waals surface area contributed by atoms with Crippen LogP contribution in [0.15, 0.2) is 63.4 Å². The minimum Gasteiger partial charge on any atom is -0.300 e.